The van der Waals surface area contributed by atoms with E-state index in [0.717, 1.165) is 69.5 Å². The van der Waals surface area contributed by atoms with Crippen molar-refractivity contribution >= 4 is 17.7 Å². The predicted octanol–water partition coefficient (Wildman–Crippen LogP) is 1.82. The molecular formula is C24H31N5O3S. The number of thioether (sulfide) groups is 1. The highest BCUT2D eigenvalue weighted by Crippen LogP contribution is 2.44. The summed E-state index contributed by atoms with van der Waals surface area (Å²) in [6, 6.07) is 8.85. The third-order valence-electron chi connectivity index (χ3n) is 7.14. The number of rotatable bonds is 5. The van der Waals surface area contributed by atoms with Crippen molar-refractivity contribution in [3.05, 3.63) is 35.5 Å². The average Bonchev–Trinajstić information content (AvgIpc) is 3.23. The molecule has 1 amide bonds. The van der Waals surface area contributed by atoms with Crippen molar-refractivity contribution in [1.82, 2.24) is 24.5 Å². The molecule has 0 bridgehead atoms. The van der Waals surface area contributed by atoms with E-state index in [9.17, 15) is 4.79 Å². The molecule has 0 radical (unpaired) electrons. The van der Waals surface area contributed by atoms with Crippen LogP contribution in [0.4, 0.5) is 0 Å². The van der Waals surface area contributed by atoms with Crippen molar-refractivity contribution < 1.29 is 14.3 Å². The Morgan fingerprint density at radius 3 is 2.45 bits per heavy atom. The standard InChI is InChI=1S/C24H31N5O3S/c30-24(28-9-13-32-14-10-28)22-20-17-33-21-4-2-1-3-19(21)23(20)29(25-22)18-15-27(16-18)6-5-26-7-11-31-12-8-26/h1-4,18H,5-17H2. The first kappa shape index (κ1) is 21.6. The monoisotopic (exact) mass is 469 g/mol. The van der Waals surface area contributed by atoms with Crippen LogP contribution in [-0.4, -0.2) is 109 Å². The predicted molar refractivity (Wildman–Crippen MR) is 127 cm³/mol. The van der Waals surface area contributed by atoms with Crippen molar-refractivity contribution in [1.29, 1.82) is 0 Å². The average molecular weight is 470 g/mol. The quantitative estimate of drug-likeness (QED) is 0.662. The molecule has 0 spiro atoms. The van der Waals surface area contributed by atoms with E-state index in [1.165, 1.54) is 10.5 Å². The van der Waals surface area contributed by atoms with Crippen LogP contribution in [0.15, 0.2) is 29.2 Å². The summed E-state index contributed by atoms with van der Waals surface area (Å²) < 4.78 is 13.1. The second-order valence-electron chi connectivity index (χ2n) is 9.18. The SMILES string of the molecule is O=C(c1nn(C2CN(CCN3CCOCC3)C2)c2c1CSc1ccccc1-2)N1CCOCC1. The van der Waals surface area contributed by atoms with Gasteiger partial charge < -0.3 is 14.4 Å². The first-order valence-electron chi connectivity index (χ1n) is 12.0. The Balaban J connectivity index is 1.23. The number of nitrogens with zero attached hydrogens (tertiary/aromatic N) is 5. The van der Waals surface area contributed by atoms with Gasteiger partial charge in [-0.15, -0.1) is 11.8 Å². The molecule has 4 aliphatic heterocycles. The van der Waals surface area contributed by atoms with Gasteiger partial charge in [0.1, 0.15) is 0 Å². The van der Waals surface area contributed by atoms with Crippen molar-refractivity contribution in [2.24, 2.45) is 0 Å². The van der Waals surface area contributed by atoms with Gasteiger partial charge in [-0.3, -0.25) is 19.3 Å². The molecule has 0 unspecified atom stereocenters. The Hall–Kier alpha value is -1.91. The maximum atomic E-state index is 13.4. The zero-order valence-electron chi connectivity index (χ0n) is 18.9. The molecule has 33 heavy (non-hydrogen) atoms. The van der Waals surface area contributed by atoms with Gasteiger partial charge in [-0.05, 0) is 6.07 Å². The fourth-order valence-corrected chi connectivity index (χ4v) is 6.24. The lowest BCUT2D eigenvalue weighted by atomic mass is 10.0. The van der Waals surface area contributed by atoms with Gasteiger partial charge in [-0.1, -0.05) is 18.2 Å². The van der Waals surface area contributed by atoms with Crippen LogP contribution >= 0.6 is 11.8 Å². The molecule has 9 heteroatoms. The third-order valence-corrected chi connectivity index (χ3v) is 8.24. The van der Waals surface area contributed by atoms with Gasteiger partial charge >= 0.3 is 0 Å². The Bertz CT molecular complexity index is 1010. The fourth-order valence-electron chi connectivity index (χ4n) is 5.17. The number of likely N-dealkylation sites (tertiary alicyclic amines) is 1. The van der Waals surface area contributed by atoms with E-state index in [1.54, 1.807) is 0 Å². The van der Waals surface area contributed by atoms with Crippen LogP contribution in [0.3, 0.4) is 0 Å². The van der Waals surface area contributed by atoms with Crippen LogP contribution in [0.5, 0.6) is 0 Å². The minimum atomic E-state index is 0.0526. The summed E-state index contributed by atoms with van der Waals surface area (Å²) in [5, 5.41) is 4.99. The Morgan fingerprint density at radius 1 is 0.970 bits per heavy atom. The molecule has 3 saturated heterocycles. The number of hydrogen-bond donors (Lipinski definition) is 0. The lowest BCUT2D eigenvalue weighted by Crippen LogP contribution is -2.51. The minimum absolute atomic E-state index is 0.0526. The summed E-state index contributed by atoms with van der Waals surface area (Å²) in [6.07, 6.45) is 0. The summed E-state index contributed by atoms with van der Waals surface area (Å²) in [4.78, 5) is 21.6. The smallest absolute Gasteiger partial charge is 0.274 e. The Labute approximate surface area is 198 Å². The number of carbonyl (C=O) groups excluding carboxylic acids is 1. The number of morpholine rings is 2. The lowest BCUT2D eigenvalue weighted by Gasteiger charge is -2.41. The zero-order valence-corrected chi connectivity index (χ0v) is 19.8. The normalized spacial score (nSPS) is 22.0. The highest BCUT2D eigenvalue weighted by molar-refractivity contribution is 7.98. The van der Waals surface area contributed by atoms with E-state index >= 15 is 0 Å². The van der Waals surface area contributed by atoms with Gasteiger partial charge in [0.05, 0.1) is 38.2 Å². The first-order chi connectivity index (χ1) is 16.3. The summed E-state index contributed by atoms with van der Waals surface area (Å²) in [6.45, 7) is 10.4. The van der Waals surface area contributed by atoms with E-state index in [4.69, 9.17) is 14.6 Å². The molecule has 0 atom stereocenters. The zero-order chi connectivity index (χ0) is 22.2. The number of hydrogen-bond acceptors (Lipinski definition) is 7. The molecule has 8 nitrogen and oxygen atoms in total. The molecule has 0 N–H and O–H groups in total. The number of benzene rings is 1. The van der Waals surface area contributed by atoms with E-state index in [2.05, 4.69) is 38.7 Å². The molecule has 3 fully saturated rings. The van der Waals surface area contributed by atoms with Gasteiger partial charge in [-0.2, -0.15) is 5.10 Å². The first-order valence-corrected chi connectivity index (χ1v) is 13.0. The van der Waals surface area contributed by atoms with Crippen LogP contribution < -0.4 is 0 Å². The van der Waals surface area contributed by atoms with Gasteiger partial charge in [-0.25, -0.2) is 0 Å². The van der Waals surface area contributed by atoms with Crippen molar-refractivity contribution in [2.75, 3.05) is 78.8 Å². The molecule has 6 rings (SSSR count). The van der Waals surface area contributed by atoms with Crippen LogP contribution in [0.25, 0.3) is 11.3 Å². The molecule has 4 aliphatic rings. The molecular weight excluding hydrogens is 438 g/mol. The lowest BCUT2D eigenvalue weighted by molar-refractivity contribution is 0.0227. The maximum Gasteiger partial charge on any atom is 0.274 e. The second-order valence-corrected chi connectivity index (χ2v) is 10.2. The molecule has 5 heterocycles. The van der Waals surface area contributed by atoms with Crippen LogP contribution in [0.1, 0.15) is 22.1 Å². The molecule has 0 saturated carbocycles. The third kappa shape index (κ3) is 4.21. The molecule has 2 aromatic rings. The second kappa shape index (κ2) is 9.38. The van der Waals surface area contributed by atoms with Crippen molar-refractivity contribution in [3.8, 4) is 11.3 Å². The van der Waals surface area contributed by atoms with E-state index in [-0.39, 0.29) is 5.91 Å². The van der Waals surface area contributed by atoms with Crippen molar-refractivity contribution in [3.63, 3.8) is 0 Å². The molecule has 1 aromatic heterocycles. The number of fused-ring (bicyclic) bond motifs is 3. The van der Waals surface area contributed by atoms with Crippen molar-refractivity contribution in [2.45, 2.75) is 16.7 Å². The molecule has 0 aliphatic carbocycles. The van der Waals surface area contributed by atoms with Crippen LogP contribution in [0, 0.1) is 0 Å². The van der Waals surface area contributed by atoms with E-state index < -0.39 is 0 Å². The summed E-state index contributed by atoms with van der Waals surface area (Å²) >= 11 is 1.81. The number of amides is 1. The van der Waals surface area contributed by atoms with E-state index in [1.807, 2.05) is 16.7 Å². The summed E-state index contributed by atoms with van der Waals surface area (Å²) in [7, 11) is 0. The Morgan fingerprint density at radius 2 is 1.67 bits per heavy atom. The summed E-state index contributed by atoms with van der Waals surface area (Å²) in [5.74, 6) is 0.849. The number of ether oxygens (including phenoxy) is 2. The van der Waals surface area contributed by atoms with Crippen LogP contribution in [-0.2, 0) is 15.2 Å². The molecule has 1 aromatic carbocycles. The van der Waals surface area contributed by atoms with E-state index in [0.29, 0.717) is 38.0 Å². The topological polar surface area (TPSA) is 63.1 Å². The largest absolute Gasteiger partial charge is 0.379 e. The fraction of sp³-hybridized carbons (Fsp3) is 0.583. The van der Waals surface area contributed by atoms with Gasteiger partial charge in [0, 0.05) is 74.1 Å². The van der Waals surface area contributed by atoms with Crippen LogP contribution in [0.2, 0.25) is 0 Å². The number of carbonyl (C=O) groups is 1. The molecule has 176 valence electrons. The van der Waals surface area contributed by atoms with Gasteiger partial charge in [0.25, 0.3) is 5.91 Å². The highest BCUT2D eigenvalue weighted by Gasteiger charge is 2.37. The highest BCUT2D eigenvalue weighted by atomic mass is 32.2. The summed E-state index contributed by atoms with van der Waals surface area (Å²) in [5.41, 5.74) is 4.10. The maximum absolute atomic E-state index is 13.4. The Kier molecular flexibility index (Phi) is 6.15. The minimum Gasteiger partial charge on any atom is -0.379 e. The van der Waals surface area contributed by atoms with Gasteiger partial charge in [0.2, 0.25) is 0 Å². The number of aromatic nitrogens is 2. The van der Waals surface area contributed by atoms with Gasteiger partial charge in [0.15, 0.2) is 5.69 Å².